The summed E-state index contributed by atoms with van der Waals surface area (Å²) >= 11 is 0. The number of carboxylic acids is 1. The van der Waals surface area contributed by atoms with Gasteiger partial charge in [0.25, 0.3) is 0 Å². The molecule has 7 unspecified atom stereocenters. The summed E-state index contributed by atoms with van der Waals surface area (Å²) in [5.74, 6) is 0.865. The highest BCUT2D eigenvalue weighted by Crippen LogP contribution is 2.74. The third-order valence-corrected chi connectivity index (χ3v) is 11.5. The van der Waals surface area contributed by atoms with Gasteiger partial charge in [-0.1, -0.05) is 34.6 Å². The van der Waals surface area contributed by atoms with Crippen LogP contribution in [0, 0.1) is 39.4 Å². The summed E-state index contributed by atoms with van der Waals surface area (Å²) in [7, 11) is 3.53. The highest BCUT2D eigenvalue weighted by atomic mass is 16.7. The molecule has 0 saturated heterocycles. The predicted molar refractivity (Wildman–Crippen MR) is 133 cm³/mol. The second kappa shape index (κ2) is 8.51. The van der Waals surface area contributed by atoms with Crippen LogP contribution in [0.25, 0.3) is 0 Å². The van der Waals surface area contributed by atoms with Gasteiger partial charge >= 0.3 is 5.97 Å². The Morgan fingerprint density at radius 1 is 1.03 bits per heavy atom. The average Bonchev–Trinajstić information content (AvgIpc) is 3.06. The lowest BCUT2D eigenvalue weighted by molar-refractivity contribution is -0.233. The van der Waals surface area contributed by atoms with Crippen LogP contribution in [0.2, 0.25) is 0 Å². The number of hydrogen-bond acceptors (Lipinski definition) is 4. The molecule has 1 aromatic rings. The van der Waals surface area contributed by atoms with Gasteiger partial charge in [0.05, 0.1) is 5.56 Å². The van der Waals surface area contributed by atoms with E-state index in [4.69, 9.17) is 9.47 Å². The fourth-order valence-corrected chi connectivity index (χ4v) is 9.18. The zero-order valence-electron chi connectivity index (χ0n) is 22.1. The quantitative estimate of drug-likeness (QED) is 0.461. The number of methoxy groups -OCH3 is 2. The number of benzene rings is 1. The molecular formula is C29H44O5. The van der Waals surface area contributed by atoms with Crippen LogP contribution >= 0.6 is 0 Å². The fourth-order valence-electron chi connectivity index (χ4n) is 9.18. The van der Waals surface area contributed by atoms with Crippen molar-refractivity contribution in [3.05, 3.63) is 29.3 Å². The van der Waals surface area contributed by atoms with Crippen molar-refractivity contribution in [2.45, 2.75) is 85.9 Å². The first-order valence-corrected chi connectivity index (χ1v) is 13.0. The molecule has 4 rings (SSSR count). The maximum Gasteiger partial charge on any atom is 0.335 e. The molecule has 3 fully saturated rings. The SMILES string of the molecule is COC(OC)C1(C)CCC2C3(C)CCC(C)C(C)(Cc4cc(C(=O)O)ccc4O)C3CCC21C. The standard InChI is InChI=1S/C29H44O5/c1-18-10-13-26(2)22(27(18,3)17-20-16-19(24(31)32)8-9-21(20)30)11-14-28(4)23(26)12-15-29(28,5)25(33-6)34-7/h8-9,16,18,22-23,25,30H,10-15,17H2,1-7H3,(H,31,32). The van der Waals surface area contributed by atoms with E-state index in [0.29, 0.717) is 24.2 Å². The molecule has 3 aliphatic rings. The molecule has 5 heteroatoms. The number of carbonyl (C=O) groups is 1. The molecule has 0 bridgehead atoms. The van der Waals surface area contributed by atoms with Crippen LogP contribution in [-0.4, -0.2) is 36.7 Å². The Bertz CT molecular complexity index is 940. The normalized spacial score (nSPS) is 41.8. The van der Waals surface area contributed by atoms with E-state index in [1.54, 1.807) is 26.4 Å². The molecule has 3 saturated carbocycles. The number of aromatic carboxylic acids is 1. The monoisotopic (exact) mass is 472 g/mol. The fraction of sp³-hybridized carbons (Fsp3) is 0.759. The average molecular weight is 473 g/mol. The van der Waals surface area contributed by atoms with Crippen molar-refractivity contribution in [3.63, 3.8) is 0 Å². The molecular weight excluding hydrogens is 428 g/mol. The topological polar surface area (TPSA) is 76.0 Å². The van der Waals surface area contributed by atoms with Crippen molar-refractivity contribution < 1.29 is 24.5 Å². The van der Waals surface area contributed by atoms with Crippen molar-refractivity contribution >= 4 is 5.97 Å². The summed E-state index contributed by atoms with van der Waals surface area (Å²) in [4.78, 5) is 11.6. The molecule has 7 atom stereocenters. The number of ether oxygens (including phenoxy) is 2. The van der Waals surface area contributed by atoms with Crippen molar-refractivity contribution in [3.8, 4) is 5.75 Å². The Hall–Kier alpha value is -1.59. The smallest absolute Gasteiger partial charge is 0.335 e. The number of hydrogen-bond donors (Lipinski definition) is 2. The molecule has 0 aromatic heterocycles. The van der Waals surface area contributed by atoms with Gasteiger partial charge in [-0.25, -0.2) is 4.79 Å². The Morgan fingerprint density at radius 3 is 2.29 bits per heavy atom. The zero-order chi connectivity index (χ0) is 25.1. The van der Waals surface area contributed by atoms with E-state index in [0.717, 1.165) is 31.2 Å². The third-order valence-electron chi connectivity index (χ3n) is 11.5. The van der Waals surface area contributed by atoms with Crippen molar-refractivity contribution in [2.24, 2.45) is 39.4 Å². The van der Waals surface area contributed by atoms with Gasteiger partial charge in [-0.2, -0.15) is 0 Å². The van der Waals surface area contributed by atoms with Gasteiger partial charge in [-0.3, -0.25) is 0 Å². The first kappa shape index (κ1) is 25.5. The highest BCUT2D eigenvalue weighted by Gasteiger charge is 2.68. The largest absolute Gasteiger partial charge is 0.508 e. The maximum atomic E-state index is 11.6. The van der Waals surface area contributed by atoms with Crippen molar-refractivity contribution in [1.82, 2.24) is 0 Å². The number of rotatable bonds is 6. The lowest BCUT2D eigenvalue weighted by Crippen LogP contribution is -2.60. The zero-order valence-corrected chi connectivity index (χ0v) is 22.1. The van der Waals surface area contributed by atoms with Crippen LogP contribution in [0.3, 0.4) is 0 Å². The molecule has 190 valence electrons. The van der Waals surface area contributed by atoms with Crippen LogP contribution in [0.5, 0.6) is 5.75 Å². The minimum atomic E-state index is -0.947. The summed E-state index contributed by atoms with van der Waals surface area (Å²) in [6, 6.07) is 4.72. The lowest BCUT2D eigenvalue weighted by Gasteiger charge is -2.65. The number of carboxylic acid groups (broad SMARTS) is 1. The molecule has 1 aromatic carbocycles. The number of phenols is 1. The van der Waals surface area contributed by atoms with Gasteiger partial charge in [-0.15, -0.1) is 0 Å². The summed E-state index contributed by atoms with van der Waals surface area (Å²) in [6.45, 7) is 12.1. The van der Waals surface area contributed by atoms with Crippen LogP contribution < -0.4 is 0 Å². The second-order valence-corrected chi connectivity index (χ2v) is 12.6. The Morgan fingerprint density at radius 2 is 1.68 bits per heavy atom. The van der Waals surface area contributed by atoms with E-state index in [9.17, 15) is 15.0 Å². The highest BCUT2D eigenvalue weighted by molar-refractivity contribution is 5.88. The number of aromatic hydroxyl groups is 1. The molecule has 3 aliphatic carbocycles. The molecule has 0 amide bonds. The second-order valence-electron chi connectivity index (χ2n) is 12.6. The van der Waals surface area contributed by atoms with E-state index < -0.39 is 5.97 Å². The minimum Gasteiger partial charge on any atom is -0.508 e. The van der Waals surface area contributed by atoms with Gasteiger partial charge in [0.1, 0.15) is 5.75 Å². The molecule has 5 nitrogen and oxygen atoms in total. The van der Waals surface area contributed by atoms with Gasteiger partial charge in [-0.05, 0) is 103 Å². The summed E-state index contributed by atoms with van der Waals surface area (Å²) in [5.41, 5.74) is 1.31. The van der Waals surface area contributed by atoms with Crippen LogP contribution in [0.15, 0.2) is 18.2 Å². The van der Waals surface area contributed by atoms with Gasteiger partial charge < -0.3 is 19.7 Å². The summed E-state index contributed by atoms with van der Waals surface area (Å²) in [5, 5.41) is 20.2. The van der Waals surface area contributed by atoms with Gasteiger partial charge in [0, 0.05) is 19.6 Å². The first-order valence-electron chi connectivity index (χ1n) is 13.0. The molecule has 0 aliphatic heterocycles. The van der Waals surface area contributed by atoms with Gasteiger partial charge in [0.2, 0.25) is 0 Å². The van der Waals surface area contributed by atoms with Crippen molar-refractivity contribution in [1.29, 1.82) is 0 Å². The van der Waals surface area contributed by atoms with Crippen LogP contribution in [0.4, 0.5) is 0 Å². The molecule has 0 spiro atoms. The molecule has 0 heterocycles. The van der Waals surface area contributed by atoms with Crippen molar-refractivity contribution in [2.75, 3.05) is 14.2 Å². The molecule has 34 heavy (non-hydrogen) atoms. The first-order chi connectivity index (χ1) is 15.9. The maximum absolute atomic E-state index is 11.6. The predicted octanol–water partition coefficient (Wildman–Crippen LogP) is 6.53. The number of phenolic OH excluding ortho intramolecular Hbond substituents is 1. The third kappa shape index (κ3) is 3.44. The minimum absolute atomic E-state index is 0.0101. The van der Waals surface area contributed by atoms with Crippen LogP contribution in [-0.2, 0) is 15.9 Å². The van der Waals surface area contributed by atoms with E-state index in [-0.39, 0.29) is 39.3 Å². The molecule has 2 N–H and O–H groups in total. The van der Waals surface area contributed by atoms with E-state index in [1.165, 1.54) is 18.9 Å². The van der Waals surface area contributed by atoms with E-state index in [1.807, 2.05) is 0 Å². The van der Waals surface area contributed by atoms with Gasteiger partial charge in [0.15, 0.2) is 6.29 Å². The summed E-state index contributed by atoms with van der Waals surface area (Å²) in [6.07, 6.45) is 7.46. The Balaban J connectivity index is 1.72. The summed E-state index contributed by atoms with van der Waals surface area (Å²) < 4.78 is 11.7. The molecule has 0 radical (unpaired) electrons. The Labute approximate surface area is 205 Å². The van der Waals surface area contributed by atoms with E-state index in [2.05, 4.69) is 34.6 Å². The Kier molecular flexibility index (Phi) is 6.39. The number of fused-ring (bicyclic) bond motifs is 3. The van der Waals surface area contributed by atoms with E-state index >= 15 is 0 Å². The van der Waals surface area contributed by atoms with Crippen LogP contribution in [0.1, 0.15) is 89.1 Å². The lowest BCUT2D eigenvalue weighted by atomic mass is 9.39.